The number of rotatable bonds is 8. The van der Waals surface area contributed by atoms with Crippen LogP contribution in [0.25, 0.3) is 12.2 Å². The summed E-state index contributed by atoms with van der Waals surface area (Å²) in [5, 5.41) is 32.1. The van der Waals surface area contributed by atoms with Gasteiger partial charge >= 0.3 is 0 Å². The average molecular weight is 547 g/mol. The van der Waals surface area contributed by atoms with E-state index in [-0.39, 0.29) is 34.5 Å². The second kappa shape index (κ2) is 11.7. The lowest BCUT2D eigenvalue weighted by molar-refractivity contribution is -0.138. The SMILES string of the molecule is COc1cc(/C=C/c2cc(O)c(C/C=C(\C)CCC=C(C)C)c(O)c2)cc2c1O[C@@]1(C)CC[C@H](O)C(C)(C)[C@@H]1C2. The summed E-state index contributed by atoms with van der Waals surface area (Å²) in [5.41, 5.74) is 5.18. The molecule has 2 aliphatic rings. The molecule has 2 aromatic rings. The van der Waals surface area contributed by atoms with Crippen molar-refractivity contribution in [2.45, 2.75) is 91.8 Å². The van der Waals surface area contributed by atoms with Gasteiger partial charge in [-0.05, 0) is 113 Å². The molecule has 0 spiro atoms. The summed E-state index contributed by atoms with van der Waals surface area (Å²) in [6.07, 6.45) is 12.5. The second-order valence-corrected chi connectivity index (χ2v) is 12.7. The van der Waals surface area contributed by atoms with E-state index in [1.54, 1.807) is 19.2 Å². The fourth-order valence-corrected chi connectivity index (χ4v) is 6.37. The van der Waals surface area contributed by atoms with E-state index in [2.05, 4.69) is 59.8 Å². The molecule has 1 heterocycles. The third kappa shape index (κ3) is 6.25. The van der Waals surface area contributed by atoms with Gasteiger partial charge in [-0.3, -0.25) is 0 Å². The number of aliphatic hydroxyl groups is 1. The van der Waals surface area contributed by atoms with Crippen LogP contribution in [0.15, 0.2) is 47.6 Å². The Hall–Kier alpha value is -3.18. The number of hydrogen-bond donors (Lipinski definition) is 3. The first kappa shape index (κ1) is 29.8. The van der Waals surface area contributed by atoms with Gasteiger partial charge in [-0.15, -0.1) is 0 Å². The summed E-state index contributed by atoms with van der Waals surface area (Å²) < 4.78 is 12.4. The van der Waals surface area contributed by atoms with Crippen LogP contribution in [-0.4, -0.2) is 34.1 Å². The fraction of sp³-hybridized carbons (Fsp3) is 0.486. The predicted octanol–water partition coefficient (Wildman–Crippen LogP) is 8.00. The lowest BCUT2D eigenvalue weighted by atomic mass is 9.57. The molecule has 0 unspecified atom stereocenters. The topological polar surface area (TPSA) is 79.2 Å². The minimum absolute atomic E-state index is 0.0850. The molecule has 0 bridgehead atoms. The van der Waals surface area contributed by atoms with Crippen molar-refractivity contribution in [1.82, 2.24) is 0 Å². The van der Waals surface area contributed by atoms with Crippen LogP contribution in [0.1, 0.15) is 89.5 Å². The van der Waals surface area contributed by atoms with E-state index in [9.17, 15) is 15.3 Å². The highest BCUT2D eigenvalue weighted by atomic mass is 16.5. The molecular weight excluding hydrogens is 500 g/mol. The van der Waals surface area contributed by atoms with Gasteiger partial charge in [0.25, 0.3) is 0 Å². The maximum atomic E-state index is 10.7. The van der Waals surface area contributed by atoms with Crippen molar-refractivity contribution in [3.8, 4) is 23.0 Å². The maximum Gasteiger partial charge on any atom is 0.165 e. The number of phenolic OH excluding ortho intramolecular Hbond substituents is 2. The van der Waals surface area contributed by atoms with Gasteiger partial charge < -0.3 is 24.8 Å². The van der Waals surface area contributed by atoms with E-state index in [4.69, 9.17) is 9.47 Å². The number of aliphatic hydroxyl groups excluding tert-OH is 1. The number of allylic oxidation sites excluding steroid dienone is 4. The van der Waals surface area contributed by atoms with E-state index in [0.717, 1.165) is 49.0 Å². The van der Waals surface area contributed by atoms with E-state index in [1.807, 2.05) is 18.2 Å². The molecule has 5 nitrogen and oxygen atoms in total. The third-order valence-corrected chi connectivity index (χ3v) is 8.98. The van der Waals surface area contributed by atoms with Crippen LogP contribution in [0.5, 0.6) is 23.0 Å². The minimum Gasteiger partial charge on any atom is -0.507 e. The van der Waals surface area contributed by atoms with E-state index in [1.165, 1.54) is 11.1 Å². The molecule has 216 valence electrons. The first-order valence-electron chi connectivity index (χ1n) is 14.4. The van der Waals surface area contributed by atoms with Gasteiger partial charge in [0.15, 0.2) is 11.5 Å². The summed E-state index contributed by atoms with van der Waals surface area (Å²) in [5.74, 6) is 1.82. The zero-order valence-corrected chi connectivity index (χ0v) is 25.2. The van der Waals surface area contributed by atoms with Crippen LogP contribution in [0, 0.1) is 11.3 Å². The Labute approximate surface area is 239 Å². The quantitative estimate of drug-likeness (QED) is 0.231. The number of fused-ring (bicyclic) bond motifs is 2. The third-order valence-electron chi connectivity index (χ3n) is 8.98. The van der Waals surface area contributed by atoms with E-state index >= 15 is 0 Å². The number of ether oxygens (including phenoxy) is 2. The van der Waals surface area contributed by atoms with Crippen molar-refractivity contribution in [3.63, 3.8) is 0 Å². The minimum atomic E-state index is -0.356. The summed E-state index contributed by atoms with van der Waals surface area (Å²) in [7, 11) is 1.65. The lowest BCUT2D eigenvalue weighted by Crippen LogP contribution is -2.58. The zero-order chi connectivity index (χ0) is 29.2. The van der Waals surface area contributed by atoms with Crippen LogP contribution in [-0.2, 0) is 12.8 Å². The van der Waals surface area contributed by atoms with Gasteiger partial charge in [-0.25, -0.2) is 0 Å². The van der Waals surface area contributed by atoms with Crippen LogP contribution < -0.4 is 9.47 Å². The summed E-state index contributed by atoms with van der Waals surface area (Å²) in [6, 6.07) is 7.45. The molecule has 2 aromatic carbocycles. The smallest absolute Gasteiger partial charge is 0.165 e. The summed E-state index contributed by atoms with van der Waals surface area (Å²) >= 11 is 0. The van der Waals surface area contributed by atoms with Crippen molar-refractivity contribution in [3.05, 3.63) is 69.8 Å². The molecule has 4 rings (SSSR count). The highest BCUT2D eigenvalue weighted by Crippen LogP contribution is 2.55. The molecule has 3 N–H and O–H groups in total. The molecule has 1 aliphatic heterocycles. The van der Waals surface area contributed by atoms with Gasteiger partial charge in [0, 0.05) is 11.5 Å². The first-order valence-corrected chi connectivity index (χ1v) is 14.4. The Kier molecular flexibility index (Phi) is 8.75. The normalized spacial score (nSPS) is 23.8. The molecule has 40 heavy (non-hydrogen) atoms. The standard InChI is InChI=1S/C35H46O5/c1-22(2)9-8-10-23(3)11-14-27-28(36)18-25(19-29(27)37)13-12-24-17-26-21-31-34(4,5)32(38)15-16-35(31,6)40-33(26)30(20-24)39-7/h9,11-13,17-20,31-32,36-38H,8,10,14-16,21H2,1-7H3/b13-12+,23-11+/t31-,32-,35-/m0/s1. The predicted molar refractivity (Wildman–Crippen MR) is 163 cm³/mol. The Morgan fingerprint density at radius 3 is 2.27 bits per heavy atom. The highest BCUT2D eigenvalue weighted by molar-refractivity contribution is 5.73. The number of phenols is 2. The molecular formula is C35H46O5. The Balaban J connectivity index is 1.55. The highest BCUT2D eigenvalue weighted by Gasteiger charge is 2.54. The average Bonchev–Trinajstić information content (AvgIpc) is 2.88. The molecule has 3 atom stereocenters. The molecule has 0 aromatic heterocycles. The van der Waals surface area contributed by atoms with Gasteiger partial charge in [0.05, 0.1) is 13.2 Å². The van der Waals surface area contributed by atoms with Gasteiger partial charge in [-0.1, -0.05) is 49.3 Å². The van der Waals surface area contributed by atoms with Crippen LogP contribution in [0.2, 0.25) is 0 Å². The lowest BCUT2D eigenvalue weighted by Gasteiger charge is -2.55. The van der Waals surface area contributed by atoms with Gasteiger partial charge in [0.2, 0.25) is 0 Å². The van der Waals surface area contributed by atoms with Crippen molar-refractivity contribution < 1.29 is 24.8 Å². The van der Waals surface area contributed by atoms with Crippen molar-refractivity contribution in [2.75, 3.05) is 7.11 Å². The molecule has 1 fully saturated rings. The molecule has 5 heteroatoms. The number of benzene rings is 2. The maximum absolute atomic E-state index is 10.7. The fourth-order valence-electron chi connectivity index (χ4n) is 6.37. The monoisotopic (exact) mass is 546 g/mol. The van der Waals surface area contributed by atoms with E-state index < -0.39 is 0 Å². The Morgan fingerprint density at radius 2 is 1.65 bits per heavy atom. The van der Waals surface area contributed by atoms with Crippen LogP contribution in [0.3, 0.4) is 0 Å². The zero-order valence-electron chi connectivity index (χ0n) is 25.2. The molecule has 0 saturated heterocycles. The Bertz CT molecular complexity index is 1300. The molecule has 0 radical (unpaired) electrons. The number of methoxy groups -OCH3 is 1. The second-order valence-electron chi connectivity index (χ2n) is 12.7. The summed E-state index contributed by atoms with van der Waals surface area (Å²) in [6.45, 7) is 12.7. The van der Waals surface area contributed by atoms with Gasteiger partial charge in [0.1, 0.15) is 17.1 Å². The van der Waals surface area contributed by atoms with E-state index in [0.29, 0.717) is 23.3 Å². The largest absolute Gasteiger partial charge is 0.507 e. The van der Waals surface area contributed by atoms with Crippen LogP contribution >= 0.6 is 0 Å². The number of aromatic hydroxyl groups is 2. The first-order chi connectivity index (χ1) is 18.8. The van der Waals surface area contributed by atoms with Crippen molar-refractivity contribution >= 4 is 12.2 Å². The molecule has 1 saturated carbocycles. The summed E-state index contributed by atoms with van der Waals surface area (Å²) in [4.78, 5) is 0. The van der Waals surface area contributed by atoms with Crippen molar-refractivity contribution in [1.29, 1.82) is 0 Å². The molecule has 0 amide bonds. The number of hydrogen-bond acceptors (Lipinski definition) is 5. The van der Waals surface area contributed by atoms with Crippen molar-refractivity contribution in [2.24, 2.45) is 11.3 Å². The molecule has 1 aliphatic carbocycles. The van der Waals surface area contributed by atoms with Crippen LogP contribution in [0.4, 0.5) is 0 Å². The Morgan fingerprint density at radius 1 is 1.00 bits per heavy atom. The van der Waals surface area contributed by atoms with Gasteiger partial charge in [-0.2, -0.15) is 0 Å².